The number of carbonyl (C=O) groups excluding carboxylic acids is 2. The van der Waals surface area contributed by atoms with Gasteiger partial charge < -0.3 is 44.7 Å². The molecule has 1 saturated heterocycles. The maximum atomic E-state index is 12.8. The van der Waals surface area contributed by atoms with Gasteiger partial charge in [-0.25, -0.2) is 0 Å². The van der Waals surface area contributed by atoms with Crippen LogP contribution >= 0.6 is 0 Å². The molecule has 48 heavy (non-hydrogen) atoms. The van der Waals surface area contributed by atoms with Crippen molar-refractivity contribution in [1.29, 1.82) is 0 Å². The molecule has 3 rings (SSSR count). The second kappa shape index (κ2) is 19.0. The van der Waals surface area contributed by atoms with Crippen molar-refractivity contribution in [2.24, 2.45) is 11.8 Å². The summed E-state index contributed by atoms with van der Waals surface area (Å²) < 4.78 is 23.1. The molecule has 12 nitrogen and oxygen atoms in total. The van der Waals surface area contributed by atoms with Crippen molar-refractivity contribution in [3.05, 3.63) is 36.0 Å². The van der Waals surface area contributed by atoms with Gasteiger partial charge in [0.25, 0.3) is 6.47 Å². The van der Waals surface area contributed by atoms with Gasteiger partial charge in [0.1, 0.15) is 23.9 Å². The first-order chi connectivity index (χ1) is 22.5. The molecule has 0 bridgehead atoms. The standard InChI is InChI=1S/C35H57NO9.CH2O2/c1-9-27(42-8)23(4)31-32(45-31)33(36-25-13-10-14-25)35(7,41)18-11-12-21(2)30-22(3)15-16-28(43-24(5)37)34(6,40)19-17-26(38)20-29(39)44-30;2-1-3/h11-12,15-16,18,22-23,25-28,30-33,36,38,40-41H,9-10,13-14,17,19-20H2,1-8H3;1H,(H,2,3)/b16-15+,18-11+,21-12+;/t22-,23+,26+,27-,28-,30-,31+,32-,33?,34+,35?;/m0./s1. The number of nitrogens with one attached hydrogen (secondary N) is 1. The van der Waals surface area contributed by atoms with E-state index in [9.17, 15) is 24.9 Å². The van der Waals surface area contributed by atoms with Crippen molar-refractivity contribution in [3.63, 3.8) is 0 Å². The highest BCUT2D eigenvalue weighted by Crippen LogP contribution is 2.39. The molecule has 2 fully saturated rings. The van der Waals surface area contributed by atoms with Crippen LogP contribution in [0, 0.1) is 11.8 Å². The maximum Gasteiger partial charge on any atom is 0.309 e. The molecule has 2 aliphatic heterocycles. The van der Waals surface area contributed by atoms with Crippen LogP contribution in [0.5, 0.6) is 0 Å². The first kappa shape index (κ1) is 41.6. The summed E-state index contributed by atoms with van der Waals surface area (Å²) in [4.78, 5) is 32.9. The van der Waals surface area contributed by atoms with Crippen molar-refractivity contribution in [3.8, 4) is 0 Å². The lowest BCUT2D eigenvalue weighted by molar-refractivity contribution is -0.157. The quantitative estimate of drug-likeness (QED) is 0.0664. The Balaban J connectivity index is 0.00000257. The Hall–Kier alpha value is -2.61. The van der Waals surface area contributed by atoms with Crippen molar-refractivity contribution in [2.45, 2.75) is 153 Å². The Kier molecular flexibility index (Phi) is 16.4. The van der Waals surface area contributed by atoms with Crippen molar-refractivity contribution >= 4 is 18.4 Å². The third kappa shape index (κ3) is 12.4. The Labute approximate surface area is 285 Å². The minimum absolute atomic E-state index is 0.0140. The molecule has 0 aromatic heterocycles. The fourth-order valence-electron chi connectivity index (χ4n) is 6.44. The Morgan fingerprint density at radius 1 is 1.23 bits per heavy atom. The molecule has 11 atom stereocenters. The molecule has 0 radical (unpaired) electrons. The number of ether oxygens (including phenoxy) is 4. The second-order valence-corrected chi connectivity index (χ2v) is 13.9. The molecule has 2 heterocycles. The van der Waals surface area contributed by atoms with Crippen LogP contribution < -0.4 is 5.32 Å². The van der Waals surface area contributed by atoms with Crippen LogP contribution in [0.1, 0.15) is 93.4 Å². The summed E-state index contributed by atoms with van der Waals surface area (Å²) in [5, 5.41) is 43.8. The molecular weight excluding hydrogens is 622 g/mol. The third-order valence-electron chi connectivity index (χ3n) is 9.71. The Morgan fingerprint density at radius 3 is 2.42 bits per heavy atom. The Bertz CT molecular complexity index is 1120. The number of methoxy groups -OCH3 is 1. The minimum atomic E-state index is -1.44. The van der Waals surface area contributed by atoms with Gasteiger partial charge in [-0.05, 0) is 64.5 Å². The maximum absolute atomic E-state index is 12.8. The first-order valence-corrected chi connectivity index (χ1v) is 17.1. The molecule has 1 saturated carbocycles. The minimum Gasteiger partial charge on any atom is -0.483 e. The van der Waals surface area contributed by atoms with Gasteiger partial charge in [0.05, 0.1) is 36.4 Å². The van der Waals surface area contributed by atoms with E-state index in [0.717, 1.165) is 24.8 Å². The lowest BCUT2D eigenvalue weighted by Crippen LogP contribution is -2.56. The number of cyclic esters (lactones) is 1. The van der Waals surface area contributed by atoms with E-state index < -0.39 is 41.5 Å². The molecule has 0 amide bonds. The van der Waals surface area contributed by atoms with Gasteiger partial charge in [-0.2, -0.15) is 0 Å². The number of carbonyl (C=O) groups is 3. The molecular formula is C36H59NO11. The lowest BCUT2D eigenvalue weighted by Gasteiger charge is -2.37. The monoisotopic (exact) mass is 681 g/mol. The molecule has 1 aliphatic carbocycles. The van der Waals surface area contributed by atoms with Crippen LogP contribution in [0.25, 0.3) is 0 Å². The highest BCUT2D eigenvalue weighted by Gasteiger charge is 2.54. The topological polar surface area (TPSA) is 184 Å². The zero-order valence-corrected chi connectivity index (χ0v) is 29.8. The number of esters is 2. The third-order valence-corrected chi connectivity index (χ3v) is 9.71. The fourth-order valence-corrected chi connectivity index (χ4v) is 6.44. The van der Waals surface area contributed by atoms with Gasteiger partial charge >= 0.3 is 11.9 Å². The molecule has 5 N–H and O–H groups in total. The van der Waals surface area contributed by atoms with Crippen molar-refractivity contribution in [2.75, 3.05) is 7.11 Å². The first-order valence-electron chi connectivity index (χ1n) is 17.1. The van der Waals surface area contributed by atoms with E-state index >= 15 is 0 Å². The summed E-state index contributed by atoms with van der Waals surface area (Å²) in [6, 6.07) is 0.0231. The summed E-state index contributed by atoms with van der Waals surface area (Å²) in [6.07, 6.45) is 10.2. The number of rotatable bonds is 12. The normalized spacial score (nSPS) is 34.0. The van der Waals surface area contributed by atoms with E-state index in [4.69, 9.17) is 28.8 Å². The number of aliphatic hydroxyl groups is 3. The number of aliphatic hydroxyl groups excluding tert-OH is 1. The zero-order valence-electron chi connectivity index (χ0n) is 29.8. The predicted octanol–water partition coefficient (Wildman–Crippen LogP) is 3.61. The van der Waals surface area contributed by atoms with Gasteiger partial charge in [0, 0.05) is 31.9 Å². The highest BCUT2D eigenvalue weighted by atomic mass is 16.6. The number of hydrogen-bond donors (Lipinski definition) is 5. The summed E-state index contributed by atoms with van der Waals surface area (Å²) >= 11 is 0. The van der Waals surface area contributed by atoms with Crippen LogP contribution in [0.2, 0.25) is 0 Å². The molecule has 274 valence electrons. The van der Waals surface area contributed by atoms with E-state index in [1.807, 2.05) is 19.9 Å². The molecule has 0 aromatic rings. The fraction of sp³-hybridized carbons (Fsp3) is 0.750. The smallest absolute Gasteiger partial charge is 0.309 e. The van der Waals surface area contributed by atoms with Crippen molar-refractivity contribution < 1.29 is 53.8 Å². The van der Waals surface area contributed by atoms with Gasteiger partial charge in [-0.3, -0.25) is 14.4 Å². The van der Waals surface area contributed by atoms with Crippen LogP contribution in [0.4, 0.5) is 0 Å². The molecule has 0 spiro atoms. The van der Waals surface area contributed by atoms with Gasteiger partial charge in [-0.1, -0.05) is 51.5 Å². The van der Waals surface area contributed by atoms with E-state index in [1.54, 1.807) is 45.3 Å². The van der Waals surface area contributed by atoms with Gasteiger partial charge in [0.2, 0.25) is 0 Å². The van der Waals surface area contributed by atoms with Crippen LogP contribution in [0.3, 0.4) is 0 Å². The SMILES string of the molecule is CC[C@H](OC)[C@@H](C)[C@H]1O[C@@H]1C(NC1CCC1)C(C)(O)/C=C/C=C(\C)[C@@H]1OC(=O)C[C@H](O)CC[C@@](C)(O)[C@@H](OC(C)=O)/C=C/[C@@H]1C.O=CO. The number of allylic oxidation sites excluding steroid dienone is 2. The largest absolute Gasteiger partial charge is 0.483 e. The predicted molar refractivity (Wildman–Crippen MR) is 180 cm³/mol. The van der Waals surface area contributed by atoms with Crippen LogP contribution in [-0.4, -0.2) is 106 Å². The van der Waals surface area contributed by atoms with Gasteiger partial charge in [0.15, 0.2) is 0 Å². The van der Waals surface area contributed by atoms with E-state index in [2.05, 4.69) is 19.2 Å². The van der Waals surface area contributed by atoms with E-state index in [-0.39, 0.29) is 61.9 Å². The van der Waals surface area contributed by atoms with Crippen molar-refractivity contribution in [1.82, 2.24) is 5.32 Å². The lowest BCUT2D eigenvalue weighted by atomic mass is 9.84. The molecule has 2 unspecified atom stereocenters. The molecule has 3 aliphatic rings. The zero-order chi connectivity index (χ0) is 36.2. The van der Waals surface area contributed by atoms with Gasteiger partial charge in [-0.15, -0.1) is 0 Å². The van der Waals surface area contributed by atoms with Crippen LogP contribution in [-0.2, 0) is 33.3 Å². The Morgan fingerprint density at radius 2 is 1.88 bits per heavy atom. The molecule has 12 heteroatoms. The van der Waals surface area contributed by atoms with E-state index in [1.165, 1.54) is 13.3 Å². The number of hydrogen-bond acceptors (Lipinski definition) is 11. The number of carboxylic acid groups (broad SMARTS) is 1. The number of epoxide rings is 1. The molecule has 0 aromatic carbocycles. The second-order valence-electron chi connectivity index (χ2n) is 13.9. The summed E-state index contributed by atoms with van der Waals surface area (Å²) in [6.45, 7) is 12.3. The summed E-state index contributed by atoms with van der Waals surface area (Å²) in [5.41, 5.74) is -1.95. The summed E-state index contributed by atoms with van der Waals surface area (Å²) in [7, 11) is 1.72. The average Bonchev–Trinajstić information content (AvgIpc) is 3.76. The summed E-state index contributed by atoms with van der Waals surface area (Å²) in [5.74, 6) is -1.25. The van der Waals surface area contributed by atoms with E-state index in [0.29, 0.717) is 6.04 Å². The highest BCUT2D eigenvalue weighted by molar-refractivity contribution is 5.70. The van der Waals surface area contributed by atoms with Crippen LogP contribution in [0.15, 0.2) is 36.0 Å². The average molecular weight is 682 g/mol.